The van der Waals surface area contributed by atoms with Crippen LogP contribution in [0, 0.1) is 0 Å². The van der Waals surface area contributed by atoms with Crippen LogP contribution in [0.4, 0.5) is 4.79 Å². The molecule has 0 aliphatic heterocycles. The van der Waals surface area contributed by atoms with Gasteiger partial charge in [0.05, 0.1) is 13.2 Å². The van der Waals surface area contributed by atoms with Crippen molar-refractivity contribution in [3.8, 4) is 5.75 Å². The van der Waals surface area contributed by atoms with E-state index in [0.29, 0.717) is 5.92 Å². The molecule has 3 N–H and O–H groups in total. The molecule has 124 valence electrons. The van der Waals surface area contributed by atoms with E-state index in [1.54, 1.807) is 6.92 Å². The second kappa shape index (κ2) is 9.27. The van der Waals surface area contributed by atoms with Gasteiger partial charge in [-0.15, -0.1) is 0 Å². The Balaban J connectivity index is 2.65. The molecule has 2 amide bonds. The lowest BCUT2D eigenvalue weighted by Crippen LogP contribution is -2.47. The molecule has 1 aromatic carbocycles. The number of hydrogen-bond acceptors (Lipinski definition) is 4. The van der Waals surface area contributed by atoms with E-state index >= 15 is 0 Å². The van der Waals surface area contributed by atoms with Crippen molar-refractivity contribution in [1.29, 1.82) is 0 Å². The first-order valence-corrected chi connectivity index (χ1v) is 7.52. The van der Waals surface area contributed by atoms with E-state index in [-0.39, 0.29) is 32.3 Å². The molecule has 0 heterocycles. The molecule has 0 fully saturated rings. The number of ether oxygens (including phenoxy) is 1. The Morgan fingerprint density at radius 1 is 1.18 bits per heavy atom. The van der Waals surface area contributed by atoms with Gasteiger partial charge < -0.3 is 25.2 Å². The fraction of sp³-hybridized carbons (Fsp3) is 0.562. The molecule has 1 aromatic rings. The number of nitrogens with one attached hydrogen (secondary N) is 1. The standard InChI is InChI=1S/C16H26N2O4/c1-12(2)14-6-4-5-7-15(14)22-13(3)17-16(21)18(8-10-19)9-11-20/h4-7,12-13,19-20H,8-11H2,1-3H3,(H,17,21). The largest absolute Gasteiger partial charge is 0.471 e. The predicted molar refractivity (Wildman–Crippen MR) is 84.9 cm³/mol. The van der Waals surface area contributed by atoms with Gasteiger partial charge in [0.2, 0.25) is 0 Å². The number of carbonyl (C=O) groups is 1. The van der Waals surface area contributed by atoms with Crippen molar-refractivity contribution in [3.05, 3.63) is 29.8 Å². The zero-order chi connectivity index (χ0) is 16.5. The number of carbonyl (C=O) groups excluding carboxylic acids is 1. The maximum atomic E-state index is 12.1. The Kier molecular flexibility index (Phi) is 7.70. The van der Waals surface area contributed by atoms with Gasteiger partial charge in [-0.1, -0.05) is 32.0 Å². The number of hydrogen-bond donors (Lipinski definition) is 3. The summed E-state index contributed by atoms with van der Waals surface area (Å²) in [6.45, 7) is 5.93. The van der Waals surface area contributed by atoms with E-state index in [9.17, 15) is 4.79 Å². The lowest BCUT2D eigenvalue weighted by atomic mass is 10.0. The van der Waals surface area contributed by atoms with E-state index in [0.717, 1.165) is 11.3 Å². The van der Waals surface area contributed by atoms with Crippen molar-refractivity contribution >= 4 is 6.03 Å². The van der Waals surface area contributed by atoms with Gasteiger partial charge >= 0.3 is 6.03 Å². The third-order valence-electron chi connectivity index (χ3n) is 3.20. The molecule has 0 aromatic heterocycles. The Bertz CT molecular complexity index is 459. The molecule has 6 nitrogen and oxygen atoms in total. The van der Waals surface area contributed by atoms with Gasteiger partial charge in [0.15, 0.2) is 6.23 Å². The van der Waals surface area contributed by atoms with Crippen LogP contribution < -0.4 is 10.1 Å². The second-order valence-electron chi connectivity index (χ2n) is 5.34. The maximum absolute atomic E-state index is 12.1. The minimum absolute atomic E-state index is 0.154. The quantitative estimate of drug-likeness (QED) is 0.636. The molecule has 22 heavy (non-hydrogen) atoms. The molecule has 1 atom stereocenters. The predicted octanol–water partition coefficient (Wildman–Crippen LogP) is 1.53. The van der Waals surface area contributed by atoms with Crippen LogP contribution in [0.3, 0.4) is 0 Å². The van der Waals surface area contributed by atoms with E-state index in [2.05, 4.69) is 19.2 Å². The van der Waals surface area contributed by atoms with Crippen molar-refractivity contribution in [2.75, 3.05) is 26.3 Å². The topological polar surface area (TPSA) is 82.0 Å². The molecular weight excluding hydrogens is 284 g/mol. The molecule has 6 heteroatoms. The molecule has 1 rings (SSSR count). The summed E-state index contributed by atoms with van der Waals surface area (Å²) >= 11 is 0. The van der Waals surface area contributed by atoms with Crippen LogP contribution in [0.5, 0.6) is 5.75 Å². The van der Waals surface area contributed by atoms with E-state index in [1.165, 1.54) is 4.90 Å². The Hall–Kier alpha value is -1.79. The van der Waals surface area contributed by atoms with Crippen LogP contribution in [0.25, 0.3) is 0 Å². The Morgan fingerprint density at radius 3 is 2.32 bits per heavy atom. The van der Waals surface area contributed by atoms with Crippen LogP contribution in [-0.2, 0) is 0 Å². The summed E-state index contributed by atoms with van der Waals surface area (Å²) in [7, 11) is 0. The van der Waals surface area contributed by atoms with Gasteiger partial charge in [-0.3, -0.25) is 0 Å². The minimum Gasteiger partial charge on any atom is -0.471 e. The van der Waals surface area contributed by atoms with E-state index < -0.39 is 6.23 Å². The van der Waals surface area contributed by atoms with Crippen molar-refractivity contribution in [1.82, 2.24) is 10.2 Å². The van der Waals surface area contributed by atoms with Gasteiger partial charge in [0.1, 0.15) is 5.75 Å². The smallest absolute Gasteiger partial charge is 0.320 e. The van der Waals surface area contributed by atoms with Gasteiger partial charge in [-0.25, -0.2) is 4.79 Å². The summed E-state index contributed by atoms with van der Waals surface area (Å²) in [6, 6.07) is 7.34. The first-order valence-electron chi connectivity index (χ1n) is 7.52. The van der Waals surface area contributed by atoms with Crippen molar-refractivity contribution in [3.63, 3.8) is 0 Å². The summed E-state index contributed by atoms with van der Waals surface area (Å²) in [5.74, 6) is 1.06. The molecule has 0 saturated heterocycles. The number of urea groups is 1. The van der Waals surface area contributed by atoms with Crippen LogP contribution >= 0.6 is 0 Å². The average Bonchev–Trinajstić information content (AvgIpc) is 2.47. The summed E-state index contributed by atoms with van der Waals surface area (Å²) in [4.78, 5) is 13.4. The monoisotopic (exact) mass is 310 g/mol. The lowest BCUT2D eigenvalue weighted by Gasteiger charge is -2.25. The molecule has 0 saturated carbocycles. The average molecular weight is 310 g/mol. The highest BCUT2D eigenvalue weighted by molar-refractivity contribution is 5.74. The zero-order valence-corrected chi connectivity index (χ0v) is 13.5. The highest BCUT2D eigenvalue weighted by atomic mass is 16.5. The number of aliphatic hydroxyl groups is 2. The molecule has 0 aliphatic carbocycles. The van der Waals surface area contributed by atoms with Crippen LogP contribution in [-0.4, -0.2) is 53.7 Å². The van der Waals surface area contributed by atoms with Crippen molar-refractivity contribution in [2.45, 2.75) is 32.9 Å². The third kappa shape index (κ3) is 5.54. The fourth-order valence-corrected chi connectivity index (χ4v) is 2.11. The van der Waals surface area contributed by atoms with Gasteiger partial charge in [-0.2, -0.15) is 0 Å². The molecular formula is C16H26N2O4. The number of aliphatic hydroxyl groups excluding tert-OH is 2. The van der Waals surface area contributed by atoms with Crippen LogP contribution in [0.2, 0.25) is 0 Å². The molecule has 0 spiro atoms. The van der Waals surface area contributed by atoms with Crippen molar-refractivity contribution in [2.24, 2.45) is 0 Å². The zero-order valence-electron chi connectivity index (χ0n) is 13.5. The summed E-state index contributed by atoms with van der Waals surface area (Å²) in [5, 5.41) is 20.6. The van der Waals surface area contributed by atoms with E-state index in [1.807, 2.05) is 24.3 Å². The summed E-state index contributed by atoms with van der Waals surface area (Å²) in [6.07, 6.45) is -0.521. The summed E-state index contributed by atoms with van der Waals surface area (Å²) < 4.78 is 5.80. The number of para-hydroxylation sites is 1. The first-order chi connectivity index (χ1) is 10.5. The molecule has 0 bridgehead atoms. The fourth-order valence-electron chi connectivity index (χ4n) is 2.11. The number of benzene rings is 1. The molecule has 0 radical (unpaired) electrons. The van der Waals surface area contributed by atoms with Crippen molar-refractivity contribution < 1.29 is 19.7 Å². The first kappa shape index (κ1) is 18.3. The van der Waals surface area contributed by atoms with Gasteiger partial charge in [-0.05, 0) is 24.5 Å². The third-order valence-corrected chi connectivity index (χ3v) is 3.20. The number of amides is 2. The Morgan fingerprint density at radius 2 is 1.77 bits per heavy atom. The maximum Gasteiger partial charge on any atom is 0.320 e. The molecule has 1 unspecified atom stereocenters. The highest BCUT2D eigenvalue weighted by Gasteiger charge is 2.16. The van der Waals surface area contributed by atoms with Crippen LogP contribution in [0.1, 0.15) is 32.3 Å². The van der Waals surface area contributed by atoms with E-state index in [4.69, 9.17) is 14.9 Å². The van der Waals surface area contributed by atoms with Gasteiger partial charge in [0.25, 0.3) is 0 Å². The highest BCUT2D eigenvalue weighted by Crippen LogP contribution is 2.26. The number of nitrogens with zero attached hydrogens (tertiary/aromatic N) is 1. The Labute approximate surface area is 131 Å². The van der Waals surface area contributed by atoms with Gasteiger partial charge in [0, 0.05) is 13.1 Å². The SMILES string of the molecule is CC(NC(=O)N(CCO)CCO)Oc1ccccc1C(C)C. The normalized spacial score (nSPS) is 12.1. The molecule has 0 aliphatic rings. The summed E-state index contributed by atoms with van der Waals surface area (Å²) in [5.41, 5.74) is 1.08. The van der Waals surface area contributed by atoms with Crippen LogP contribution in [0.15, 0.2) is 24.3 Å². The lowest BCUT2D eigenvalue weighted by molar-refractivity contribution is 0.133. The number of rotatable bonds is 8. The minimum atomic E-state index is -0.521. The second-order valence-corrected chi connectivity index (χ2v) is 5.34.